The van der Waals surface area contributed by atoms with Crippen LogP contribution in [0.1, 0.15) is 0 Å². The van der Waals surface area contributed by atoms with Crippen molar-refractivity contribution in [2.24, 2.45) is 5.73 Å². The van der Waals surface area contributed by atoms with Crippen molar-refractivity contribution in [1.82, 2.24) is 0 Å². The van der Waals surface area contributed by atoms with E-state index >= 15 is 0 Å². The fourth-order valence-corrected chi connectivity index (χ4v) is 1.53. The maximum atomic E-state index is 10.1. The minimum atomic E-state index is -0.477. The molecular weight excluding hydrogens is 170 g/mol. The van der Waals surface area contributed by atoms with E-state index in [1.54, 1.807) is 18.0 Å². The van der Waals surface area contributed by atoms with E-state index < -0.39 is 6.04 Å². The third-order valence-corrected chi connectivity index (χ3v) is 2.46. The zero-order valence-corrected chi connectivity index (χ0v) is 7.38. The minimum absolute atomic E-state index is 0.477. The largest absolute Gasteiger partial charge is 0.320 e. The molecule has 0 aliphatic carbocycles. The summed E-state index contributed by atoms with van der Waals surface area (Å²) in [5.74, 6) is 0.591. The standard InChI is InChI=1S/C9H10NOS/c10-8(6-11)7-12-9-4-2-1-3-5-9/h1-5,8H,7,10H2/t8-/m1/s1. The molecule has 0 fully saturated rings. The van der Waals surface area contributed by atoms with Gasteiger partial charge in [0.2, 0.25) is 6.29 Å². The van der Waals surface area contributed by atoms with Crippen molar-refractivity contribution < 1.29 is 4.79 Å². The molecular formula is C9H10NOS. The maximum Gasteiger partial charge on any atom is 0.217 e. The van der Waals surface area contributed by atoms with Crippen molar-refractivity contribution in [2.45, 2.75) is 10.9 Å². The Bertz CT molecular complexity index is 238. The molecule has 0 aromatic heterocycles. The van der Waals surface area contributed by atoms with E-state index in [4.69, 9.17) is 5.73 Å². The predicted molar refractivity (Wildman–Crippen MR) is 50.8 cm³/mol. The molecule has 0 saturated heterocycles. The SMILES string of the molecule is N[C@H]([C]=O)CSc1ccccc1. The molecule has 12 heavy (non-hydrogen) atoms. The monoisotopic (exact) mass is 180 g/mol. The van der Waals surface area contributed by atoms with Crippen molar-refractivity contribution in [2.75, 3.05) is 5.75 Å². The van der Waals surface area contributed by atoms with Crippen molar-refractivity contribution in [3.8, 4) is 0 Å². The molecule has 0 heterocycles. The highest BCUT2D eigenvalue weighted by molar-refractivity contribution is 7.99. The third-order valence-electron chi connectivity index (χ3n) is 1.32. The lowest BCUT2D eigenvalue weighted by atomic mass is 10.4. The molecule has 1 rings (SSSR count). The van der Waals surface area contributed by atoms with Gasteiger partial charge in [0, 0.05) is 10.6 Å². The lowest BCUT2D eigenvalue weighted by Crippen LogP contribution is -2.23. The van der Waals surface area contributed by atoms with Crippen LogP contribution in [0.2, 0.25) is 0 Å². The van der Waals surface area contributed by atoms with Crippen molar-refractivity contribution in [3.05, 3.63) is 30.3 Å². The topological polar surface area (TPSA) is 43.1 Å². The molecule has 0 unspecified atom stereocenters. The number of thioether (sulfide) groups is 1. The molecule has 0 aliphatic rings. The summed E-state index contributed by atoms with van der Waals surface area (Å²) in [5.41, 5.74) is 5.38. The van der Waals surface area contributed by atoms with Crippen LogP contribution in [0.3, 0.4) is 0 Å². The highest BCUT2D eigenvalue weighted by Gasteiger charge is 2.01. The number of hydrogen-bond donors (Lipinski definition) is 1. The second-order valence-electron chi connectivity index (χ2n) is 2.35. The molecule has 63 valence electrons. The summed E-state index contributed by atoms with van der Waals surface area (Å²) in [6.07, 6.45) is 1.74. The lowest BCUT2D eigenvalue weighted by molar-refractivity contribution is 0.546. The summed E-state index contributed by atoms with van der Waals surface area (Å²) >= 11 is 1.57. The van der Waals surface area contributed by atoms with E-state index in [0.717, 1.165) is 4.90 Å². The number of benzene rings is 1. The molecule has 0 spiro atoms. The average molecular weight is 180 g/mol. The van der Waals surface area contributed by atoms with Crippen LogP contribution < -0.4 is 5.73 Å². The Morgan fingerprint density at radius 3 is 2.67 bits per heavy atom. The second kappa shape index (κ2) is 4.95. The highest BCUT2D eigenvalue weighted by Crippen LogP contribution is 2.16. The van der Waals surface area contributed by atoms with Gasteiger partial charge in [-0.1, -0.05) is 18.2 Å². The fourth-order valence-electron chi connectivity index (χ4n) is 0.737. The van der Waals surface area contributed by atoms with Gasteiger partial charge < -0.3 is 5.73 Å². The summed E-state index contributed by atoms with van der Waals surface area (Å²) in [7, 11) is 0. The van der Waals surface area contributed by atoms with Crippen molar-refractivity contribution in [1.29, 1.82) is 0 Å². The Labute approximate surface area is 76.2 Å². The molecule has 0 amide bonds. The summed E-state index contributed by atoms with van der Waals surface area (Å²) in [6.45, 7) is 0. The summed E-state index contributed by atoms with van der Waals surface area (Å²) in [4.78, 5) is 11.2. The van der Waals surface area contributed by atoms with Gasteiger partial charge in [-0.15, -0.1) is 11.8 Å². The van der Waals surface area contributed by atoms with Gasteiger partial charge in [-0.05, 0) is 12.1 Å². The van der Waals surface area contributed by atoms with Gasteiger partial charge >= 0.3 is 0 Å². The first-order valence-electron chi connectivity index (χ1n) is 3.64. The number of hydrogen-bond acceptors (Lipinski definition) is 3. The van der Waals surface area contributed by atoms with E-state index in [2.05, 4.69) is 0 Å². The Morgan fingerprint density at radius 2 is 2.08 bits per heavy atom. The predicted octanol–water partition coefficient (Wildman–Crippen LogP) is 1.22. The molecule has 0 aliphatic heterocycles. The fraction of sp³-hybridized carbons (Fsp3) is 0.222. The minimum Gasteiger partial charge on any atom is -0.320 e. The third kappa shape index (κ3) is 3.07. The molecule has 1 aromatic rings. The molecule has 0 saturated carbocycles. The average Bonchev–Trinajstić information content (AvgIpc) is 2.16. The van der Waals surface area contributed by atoms with E-state index in [1.165, 1.54) is 0 Å². The first-order valence-corrected chi connectivity index (χ1v) is 4.62. The van der Waals surface area contributed by atoms with E-state index in [-0.39, 0.29) is 0 Å². The van der Waals surface area contributed by atoms with Gasteiger partial charge in [-0.3, -0.25) is 4.79 Å². The van der Waals surface area contributed by atoms with E-state index in [0.29, 0.717) is 5.75 Å². The van der Waals surface area contributed by atoms with Gasteiger partial charge in [0.1, 0.15) is 0 Å². The molecule has 2 nitrogen and oxygen atoms in total. The summed E-state index contributed by atoms with van der Waals surface area (Å²) in [5, 5.41) is 0. The smallest absolute Gasteiger partial charge is 0.217 e. The van der Waals surface area contributed by atoms with Gasteiger partial charge in [0.05, 0.1) is 6.04 Å². The van der Waals surface area contributed by atoms with Crippen LogP contribution in [-0.4, -0.2) is 18.1 Å². The van der Waals surface area contributed by atoms with E-state index in [9.17, 15) is 4.79 Å². The van der Waals surface area contributed by atoms with Gasteiger partial charge in [-0.25, -0.2) is 0 Å². The Morgan fingerprint density at radius 1 is 1.42 bits per heavy atom. The molecule has 1 atom stereocenters. The summed E-state index contributed by atoms with van der Waals surface area (Å²) in [6, 6.07) is 9.37. The van der Waals surface area contributed by atoms with Crippen LogP contribution >= 0.6 is 11.8 Å². The highest BCUT2D eigenvalue weighted by atomic mass is 32.2. The van der Waals surface area contributed by atoms with E-state index in [1.807, 2.05) is 30.3 Å². The Kier molecular flexibility index (Phi) is 3.84. The summed E-state index contributed by atoms with van der Waals surface area (Å²) < 4.78 is 0. The van der Waals surface area contributed by atoms with Gasteiger partial charge in [-0.2, -0.15) is 0 Å². The van der Waals surface area contributed by atoms with Crippen LogP contribution in [0, 0.1) is 0 Å². The number of carbonyl (C=O) groups excluding carboxylic acids is 1. The van der Waals surface area contributed by atoms with Crippen molar-refractivity contribution in [3.63, 3.8) is 0 Å². The number of nitrogens with two attached hydrogens (primary N) is 1. The normalized spacial score (nSPS) is 12.4. The Hall–Kier alpha value is -0.800. The van der Waals surface area contributed by atoms with Crippen LogP contribution in [0.5, 0.6) is 0 Å². The van der Waals surface area contributed by atoms with Gasteiger partial charge in [0.25, 0.3) is 0 Å². The zero-order chi connectivity index (χ0) is 8.81. The second-order valence-corrected chi connectivity index (χ2v) is 3.44. The van der Waals surface area contributed by atoms with Crippen LogP contribution in [0.25, 0.3) is 0 Å². The van der Waals surface area contributed by atoms with Gasteiger partial charge in [0.15, 0.2) is 0 Å². The molecule has 3 heteroatoms. The number of rotatable bonds is 4. The quantitative estimate of drug-likeness (QED) is 0.708. The molecule has 2 N–H and O–H groups in total. The maximum absolute atomic E-state index is 10.1. The molecule has 1 radical (unpaired) electrons. The lowest BCUT2D eigenvalue weighted by Gasteiger charge is -2.01. The van der Waals surface area contributed by atoms with Crippen LogP contribution in [0.15, 0.2) is 35.2 Å². The van der Waals surface area contributed by atoms with Crippen LogP contribution in [-0.2, 0) is 4.79 Å². The van der Waals surface area contributed by atoms with Crippen LogP contribution in [0.4, 0.5) is 0 Å². The Balaban J connectivity index is 2.38. The first kappa shape index (κ1) is 9.29. The zero-order valence-electron chi connectivity index (χ0n) is 6.57. The molecule has 1 aromatic carbocycles. The molecule has 0 bridgehead atoms. The first-order chi connectivity index (χ1) is 5.83. The van der Waals surface area contributed by atoms with Crippen molar-refractivity contribution >= 4 is 18.0 Å².